The van der Waals surface area contributed by atoms with E-state index in [4.69, 9.17) is 14.2 Å². The number of carbonyl (C=O) groups excluding carboxylic acids is 4. The topological polar surface area (TPSA) is 136 Å². The molecule has 0 aliphatic carbocycles. The Morgan fingerprint density at radius 2 is 1.39 bits per heavy atom. The third kappa shape index (κ3) is 7.49. The highest BCUT2D eigenvalue weighted by atomic mass is 19.1. The van der Waals surface area contributed by atoms with Gasteiger partial charge in [-0.2, -0.15) is 0 Å². The van der Waals surface area contributed by atoms with Gasteiger partial charge >= 0.3 is 6.09 Å². The van der Waals surface area contributed by atoms with E-state index in [1.807, 2.05) is 0 Å². The minimum Gasteiger partial charge on any atom is -0.494 e. The van der Waals surface area contributed by atoms with Crippen LogP contribution in [0.2, 0.25) is 0 Å². The summed E-state index contributed by atoms with van der Waals surface area (Å²) in [6.45, 7) is 7.39. The van der Waals surface area contributed by atoms with Crippen LogP contribution in [-0.2, 0) is 4.74 Å². The molecular weight excluding hydrogens is 571 g/mol. The SMILES string of the molecule is CCOc1ccc(OC)c(F)c1C(=O)c1ccc(C(=O)N[C@@H]2CN(C(=O)OC(C)(C)C)C[C@H]2NC(=O)c2ccncc2)cc1. The molecule has 2 heterocycles. The van der Waals surface area contributed by atoms with Crippen LogP contribution in [0.3, 0.4) is 0 Å². The molecule has 3 amide bonds. The number of likely N-dealkylation sites (tertiary alicyclic amines) is 1. The van der Waals surface area contributed by atoms with Crippen molar-refractivity contribution in [2.24, 2.45) is 0 Å². The Hall–Kier alpha value is -5.00. The first-order valence-corrected chi connectivity index (χ1v) is 14.1. The van der Waals surface area contributed by atoms with Gasteiger partial charge in [0.1, 0.15) is 16.9 Å². The summed E-state index contributed by atoms with van der Waals surface area (Å²) in [6, 6.07) is 10.4. The van der Waals surface area contributed by atoms with Gasteiger partial charge in [-0.05, 0) is 64.1 Å². The number of methoxy groups -OCH3 is 1. The Bertz CT molecular complexity index is 1520. The molecule has 12 heteroatoms. The van der Waals surface area contributed by atoms with Gasteiger partial charge in [-0.15, -0.1) is 0 Å². The number of aromatic nitrogens is 1. The molecule has 0 saturated carbocycles. The molecule has 11 nitrogen and oxygen atoms in total. The van der Waals surface area contributed by atoms with Crippen molar-refractivity contribution >= 4 is 23.7 Å². The molecular formula is C32H35FN4O7. The van der Waals surface area contributed by atoms with E-state index < -0.39 is 41.3 Å². The van der Waals surface area contributed by atoms with Gasteiger partial charge in [0.15, 0.2) is 17.3 Å². The molecule has 1 aliphatic heterocycles. The van der Waals surface area contributed by atoms with Crippen LogP contribution < -0.4 is 20.1 Å². The molecule has 2 aromatic carbocycles. The zero-order chi connectivity index (χ0) is 32.0. The Morgan fingerprint density at radius 3 is 1.91 bits per heavy atom. The molecule has 1 saturated heterocycles. The van der Waals surface area contributed by atoms with Gasteiger partial charge in [-0.25, -0.2) is 9.18 Å². The zero-order valence-electron chi connectivity index (χ0n) is 25.2. The van der Waals surface area contributed by atoms with Crippen LogP contribution in [0.5, 0.6) is 11.5 Å². The summed E-state index contributed by atoms with van der Waals surface area (Å²) in [5.74, 6) is -2.39. The van der Waals surface area contributed by atoms with E-state index in [1.165, 1.54) is 60.8 Å². The number of ketones is 1. The van der Waals surface area contributed by atoms with Crippen LogP contribution in [0.25, 0.3) is 0 Å². The van der Waals surface area contributed by atoms with Crippen LogP contribution in [0.15, 0.2) is 60.9 Å². The van der Waals surface area contributed by atoms with Crippen molar-refractivity contribution in [3.63, 3.8) is 0 Å². The predicted octanol–water partition coefficient (Wildman–Crippen LogP) is 4.01. The maximum atomic E-state index is 15.1. The lowest BCUT2D eigenvalue weighted by atomic mass is 10.00. The fourth-order valence-electron chi connectivity index (χ4n) is 4.68. The maximum Gasteiger partial charge on any atom is 0.410 e. The number of hydrogen-bond donors (Lipinski definition) is 2. The maximum absolute atomic E-state index is 15.1. The lowest BCUT2D eigenvalue weighted by Crippen LogP contribution is -2.51. The number of carbonyl (C=O) groups is 4. The fourth-order valence-corrected chi connectivity index (χ4v) is 4.68. The van der Waals surface area contributed by atoms with Gasteiger partial charge in [0.05, 0.1) is 25.8 Å². The number of pyridine rings is 1. The highest BCUT2D eigenvalue weighted by Gasteiger charge is 2.39. The zero-order valence-corrected chi connectivity index (χ0v) is 25.2. The average Bonchev–Trinajstić information content (AvgIpc) is 3.39. The molecule has 0 radical (unpaired) electrons. The molecule has 1 aliphatic rings. The number of rotatable bonds is 9. The molecule has 232 valence electrons. The highest BCUT2D eigenvalue weighted by Crippen LogP contribution is 2.31. The minimum atomic E-state index is -0.846. The van der Waals surface area contributed by atoms with Crippen molar-refractivity contribution in [1.82, 2.24) is 20.5 Å². The van der Waals surface area contributed by atoms with Gasteiger partial charge in [-0.3, -0.25) is 19.4 Å². The van der Waals surface area contributed by atoms with E-state index in [0.29, 0.717) is 5.56 Å². The van der Waals surface area contributed by atoms with Crippen molar-refractivity contribution in [1.29, 1.82) is 0 Å². The number of ether oxygens (including phenoxy) is 3. The number of benzene rings is 2. The predicted molar refractivity (Wildman–Crippen MR) is 159 cm³/mol. The second-order valence-electron chi connectivity index (χ2n) is 11.1. The molecule has 0 unspecified atom stereocenters. The van der Waals surface area contributed by atoms with Crippen LogP contribution in [0, 0.1) is 5.82 Å². The van der Waals surface area contributed by atoms with Gasteiger partial charge in [0, 0.05) is 42.2 Å². The van der Waals surface area contributed by atoms with Gasteiger partial charge in [0.25, 0.3) is 11.8 Å². The Kier molecular flexibility index (Phi) is 9.82. The van der Waals surface area contributed by atoms with Gasteiger partial charge < -0.3 is 29.7 Å². The summed E-state index contributed by atoms with van der Waals surface area (Å²) in [4.78, 5) is 57.6. The standard InChI is InChI=1S/C32H35FN4O7/c1-6-43-24-11-12-25(42-5)27(33)26(24)28(38)19-7-9-20(10-8-19)29(39)35-22-17-37(31(41)44-32(2,3)4)18-23(22)36-30(40)21-13-15-34-16-14-21/h7-16,22-23H,6,17-18H2,1-5H3,(H,35,39)(H,36,40)/t22-,23-/m1/s1. The van der Waals surface area contributed by atoms with Crippen molar-refractivity contribution in [2.75, 3.05) is 26.8 Å². The molecule has 4 rings (SSSR count). The molecule has 2 atom stereocenters. The van der Waals surface area contributed by atoms with Crippen LogP contribution in [-0.4, -0.2) is 78.1 Å². The summed E-state index contributed by atoms with van der Waals surface area (Å²) >= 11 is 0. The van der Waals surface area contributed by atoms with E-state index >= 15 is 4.39 Å². The fraction of sp³-hybridized carbons (Fsp3) is 0.344. The number of nitrogens with zero attached hydrogens (tertiary/aromatic N) is 2. The molecule has 1 aromatic heterocycles. The van der Waals surface area contributed by atoms with Gasteiger partial charge in [0.2, 0.25) is 0 Å². The third-order valence-electron chi connectivity index (χ3n) is 6.77. The minimum absolute atomic E-state index is 0.0771. The Labute approximate surface area is 254 Å². The Morgan fingerprint density at radius 1 is 0.864 bits per heavy atom. The van der Waals surface area contributed by atoms with E-state index in [9.17, 15) is 19.2 Å². The van der Waals surface area contributed by atoms with Crippen molar-refractivity contribution < 1.29 is 37.8 Å². The number of halogens is 1. The summed E-state index contributed by atoms with van der Waals surface area (Å²) in [7, 11) is 1.30. The van der Waals surface area contributed by atoms with E-state index in [2.05, 4.69) is 15.6 Å². The monoisotopic (exact) mass is 606 g/mol. The number of amides is 3. The molecule has 44 heavy (non-hydrogen) atoms. The number of nitrogens with one attached hydrogen (secondary N) is 2. The van der Waals surface area contributed by atoms with Crippen LogP contribution >= 0.6 is 0 Å². The summed E-state index contributed by atoms with van der Waals surface area (Å²) in [6.07, 6.45) is 2.41. The first kappa shape index (κ1) is 31.9. The van der Waals surface area contributed by atoms with E-state index in [-0.39, 0.29) is 53.8 Å². The quantitative estimate of drug-likeness (QED) is 0.349. The van der Waals surface area contributed by atoms with Gasteiger partial charge in [-0.1, -0.05) is 12.1 Å². The molecule has 2 N–H and O–H groups in total. The first-order chi connectivity index (χ1) is 20.9. The van der Waals surface area contributed by atoms with Crippen molar-refractivity contribution in [3.8, 4) is 11.5 Å². The lowest BCUT2D eigenvalue weighted by molar-refractivity contribution is 0.0286. The largest absolute Gasteiger partial charge is 0.494 e. The van der Waals surface area contributed by atoms with E-state index in [1.54, 1.807) is 39.8 Å². The highest BCUT2D eigenvalue weighted by molar-refractivity contribution is 6.11. The lowest BCUT2D eigenvalue weighted by Gasteiger charge is -2.24. The average molecular weight is 607 g/mol. The summed E-state index contributed by atoms with van der Waals surface area (Å²) < 4.78 is 31.1. The molecule has 0 bridgehead atoms. The molecule has 1 fully saturated rings. The van der Waals surface area contributed by atoms with Crippen LogP contribution in [0.4, 0.5) is 9.18 Å². The van der Waals surface area contributed by atoms with E-state index in [0.717, 1.165) is 0 Å². The van der Waals surface area contributed by atoms with Crippen LogP contribution in [0.1, 0.15) is 64.3 Å². The summed E-state index contributed by atoms with van der Waals surface area (Å²) in [5.41, 5.74) is -0.280. The normalized spacial score (nSPS) is 16.2. The second-order valence-corrected chi connectivity index (χ2v) is 11.1. The summed E-state index contributed by atoms with van der Waals surface area (Å²) in [5, 5.41) is 5.77. The van der Waals surface area contributed by atoms with Crippen molar-refractivity contribution in [3.05, 3.63) is 89.0 Å². The smallest absolute Gasteiger partial charge is 0.410 e. The number of hydrogen-bond acceptors (Lipinski definition) is 8. The second kappa shape index (κ2) is 13.5. The third-order valence-corrected chi connectivity index (χ3v) is 6.77. The molecule has 0 spiro atoms. The molecule has 3 aromatic rings. The first-order valence-electron chi connectivity index (χ1n) is 14.1. The Balaban J connectivity index is 1.52. The van der Waals surface area contributed by atoms with Crippen molar-refractivity contribution in [2.45, 2.75) is 45.4 Å².